The summed E-state index contributed by atoms with van der Waals surface area (Å²) in [6.45, 7) is 3.31. The number of nitrogens with one attached hydrogen (secondary N) is 1. The van der Waals surface area contributed by atoms with Crippen LogP contribution in [0.25, 0.3) is 28.2 Å². The number of benzene rings is 2. The van der Waals surface area contributed by atoms with Crippen LogP contribution in [0.3, 0.4) is 0 Å². The Morgan fingerprint density at radius 1 is 0.889 bits per heavy atom. The number of rotatable bonds is 4. The van der Waals surface area contributed by atoms with Gasteiger partial charge in [-0.1, -0.05) is 77.3 Å². The lowest BCUT2D eigenvalue weighted by molar-refractivity contribution is 0.108. The molecule has 1 N–H and O–H groups in total. The molecule has 0 amide bonds. The molecule has 5 rings (SSSR count). The normalized spacial score (nSPS) is 10.4. The van der Waals surface area contributed by atoms with Crippen LogP contribution in [-0.2, 0) is 0 Å². The molecule has 0 radical (unpaired) electrons. The number of nitrogens with zero attached hydrogens (tertiary/aromatic N) is 5. The fraction of sp³-hybridized carbons (Fsp3) is 0.130. The molecule has 3 aromatic heterocycles. The first-order chi connectivity index (χ1) is 16.8. The van der Waals surface area contributed by atoms with Crippen molar-refractivity contribution in [1.82, 2.24) is 30.5 Å². The Hall–Kier alpha value is -3.73. The number of halogens is 3. The quantitative estimate of drug-likeness (QED) is 0.274. The predicted molar refractivity (Wildman–Crippen MR) is 136 cm³/mol. The highest BCUT2D eigenvalue weighted by Crippen LogP contribution is 2.33. The summed E-state index contributed by atoms with van der Waals surface area (Å²) >= 11 is 17.6. The first kappa shape index (κ1) is 26.9. The van der Waals surface area contributed by atoms with Gasteiger partial charge in [0.05, 0.1) is 10.0 Å². The van der Waals surface area contributed by atoms with Crippen LogP contribution in [-0.4, -0.2) is 35.8 Å². The zero-order valence-electron chi connectivity index (χ0n) is 18.1. The second-order valence-corrected chi connectivity index (χ2v) is 8.21. The molecule has 0 aliphatic carbocycles. The van der Waals surface area contributed by atoms with E-state index < -0.39 is 10.9 Å². The van der Waals surface area contributed by atoms with Crippen LogP contribution >= 0.6 is 34.8 Å². The van der Waals surface area contributed by atoms with Crippen LogP contribution in [0, 0.1) is 13.8 Å². The van der Waals surface area contributed by atoms with Gasteiger partial charge in [0.2, 0.25) is 0 Å². The molecule has 0 saturated heterocycles. The van der Waals surface area contributed by atoms with Gasteiger partial charge in [-0.25, -0.2) is 9.89 Å². The maximum atomic E-state index is 11.6. The summed E-state index contributed by atoms with van der Waals surface area (Å²) in [5, 5.41) is 17.5. The average molecular weight is 550 g/mol. The van der Waals surface area contributed by atoms with Gasteiger partial charge in [0.15, 0.2) is 5.76 Å². The summed E-state index contributed by atoms with van der Waals surface area (Å²) in [5.74, 6) is 0.834. The van der Waals surface area contributed by atoms with E-state index in [1.165, 1.54) is 0 Å². The fourth-order valence-electron chi connectivity index (χ4n) is 3.23. The Balaban J connectivity index is 0.000000198. The third-order valence-corrected chi connectivity index (χ3v) is 5.68. The van der Waals surface area contributed by atoms with Crippen LogP contribution in [0.5, 0.6) is 0 Å². The standard InChI is InChI=1S/C11H7Cl2NO2.C11H8ClN5O2.CH4/c1-6-9(11(13)15)10(14-16-6)7-4-2-3-5-8(7)12;1-6-10(17-11(18)13-15-16-17)9(14-19-6)7-4-2-3-5-8(7)12;/h2-5H,1H3;2-5H,1H3,(H,13,16,18);1H4. The van der Waals surface area contributed by atoms with E-state index in [1.54, 1.807) is 56.3 Å². The zero-order valence-corrected chi connectivity index (χ0v) is 20.4. The molecule has 3 heterocycles. The van der Waals surface area contributed by atoms with E-state index in [4.69, 9.17) is 43.8 Å². The Kier molecular flexibility index (Phi) is 8.46. The van der Waals surface area contributed by atoms with Gasteiger partial charge in [-0.15, -0.1) is 0 Å². The minimum absolute atomic E-state index is 0. The highest BCUT2D eigenvalue weighted by atomic mass is 35.5. The van der Waals surface area contributed by atoms with Gasteiger partial charge in [0.25, 0.3) is 5.24 Å². The number of carbonyl (C=O) groups excluding carboxylic acids is 1. The lowest BCUT2D eigenvalue weighted by Gasteiger charge is -2.02. The smallest absolute Gasteiger partial charge is 0.360 e. The molecule has 186 valence electrons. The summed E-state index contributed by atoms with van der Waals surface area (Å²) in [4.78, 5) is 22.9. The summed E-state index contributed by atoms with van der Waals surface area (Å²) in [6, 6.07) is 14.2. The number of hydrogen-bond donors (Lipinski definition) is 1. The molecule has 0 bridgehead atoms. The molecule has 36 heavy (non-hydrogen) atoms. The Morgan fingerprint density at radius 3 is 1.94 bits per heavy atom. The Labute approximate surface area is 219 Å². The van der Waals surface area contributed by atoms with Crippen LogP contribution in [0.2, 0.25) is 10.0 Å². The van der Waals surface area contributed by atoms with Gasteiger partial charge in [0.1, 0.15) is 28.4 Å². The molecule has 0 spiro atoms. The number of H-pyrrole nitrogens is 1. The largest absolute Gasteiger partial charge is 0.366 e. The van der Waals surface area contributed by atoms with E-state index in [1.807, 2.05) is 6.07 Å². The van der Waals surface area contributed by atoms with Gasteiger partial charge >= 0.3 is 5.69 Å². The van der Waals surface area contributed by atoms with Gasteiger partial charge in [-0.2, -0.15) is 4.68 Å². The maximum Gasteiger partial charge on any atom is 0.366 e. The van der Waals surface area contributed by atoms with Gasteiger partial charge in [0, 0.05) is 11.1 Å². The zero-order chi connectivity index (χ0) is 25.1. The number of hydrogen-bond acceptors (Lipinski definition) is 8. The number of aromatic amines is 1. The van der Waals surface area contributed by atoms with Crippen molar-refractivity contribution >= 4 is 40.0 Å². The molecule has 10 nitrogen and oxygen atoms in total. The van der Waals surface area contributed by atoms with Crippen molar-refractivity contribution in [2.24, 2.45) is 0 Å². The monoisotopic (exact) mass is 548 g/mol. The van der Waals surface area contributed by atoms with E-state index in [9.17, 15) is 9.59 Å². The highest BCUT2D eigenvalue weighted by Gasteiger charge is 2.22. The topological polar surface area (TPSA) is 133 Å². The number of carbonyl (C=O) groups is 1. The molecule has 0 aliphatic heterocycles. The summed E-state index contributed by atoms with van der Waals surface area (Å²) in [7, 11) is 0. The number of tetrazole rings is 1. The third kappa shape index (κ3) is 5.25. The van der Waals surface area contributed by atoms with Crippen molar-refractivity contribution in [3.63, 3.8) is 0 Å². The SMILES string of the molecule is C.Cc1onc(-c2ccccc2Cl)c1-n1nn[nH]c1=O.Cc1onc(-c2ccccc2Cl)c1C(=O)Cl. The summed E-state index contributed by atoms with van der Waals surface area (Å²) < 4.78 is 11.2. The van der Waals surface area contributed by atoms with E-state index in [-0.39, 0.29) is 13.0 Å². The van der Waals surface area contributed by atoms with Crippen LogP contribution in [0.15, 0.2) is 62.4 Å². The summed E-state index contributed by atoms with van der Waals surface area (Å²) in [5.41, 5.74) is 2.32. The van der Waals surface area contributed by atoms with Crippen molar-refractivity contribution < 1.29 is 13.8 Å². The lowest BCUT2D eigenvalue weighted by Crippen LogP contribution is -2.17. The van der Waals surface area contributed by atoms with Crippen molar-refractivity contribution in [2.45, 2.75) is 21.3 Å². The molecule has 2 aromatic carbocycles. The molecule has 13 heteroatoms. The molecule has 0 fully saturated rings. The average Bonchev–Trinajstić information content (AvgIpc) is 3.53. The van der Waals surface area contributed by atoms with E-state index in [0.29, 0.717) is 49.8 Å². The number of aromatic nitrogens is 6. The van der Waals surface area contributed by atoms with Gasteiger partial charge in [-0.05, 0) is 48.0 Å². The van der Waals surface area contributed by atoms with Gasteiger partial charge in [-0.3, -0.25) is 4.79 Å². The molecule has 0 saturated carbocycles. The second-order valence-electron chi connectivity index (χ2n) is 7.05. The maximum absolute atomic E-state index is 11.6. The Morgan fingerprint density at radius 2 is 1.42 bits per heavy atom. The van der Waals surface area contributed by atoms with E-state index >= 15 is 0 Å². The van der Waals surface area contributed by atoms with Crippen molar-refractivity contribution in [1.29, 1.82) is 0 Å². The van der Waals surface area contributed by atoms with Crippen LogP contribution < -0.4 is 5.69 Å². The third-order valence-electron chi connectivity index (χ3n) is 4.83. The fourth-order valence-corrected chi connectivity index (χ4v) is 3.90. The highest BCUT2D eigenvalue weighted by molar-refractivity contribution is 6.68. The molecular formula is C23H19Cl3N6O4. The minimum Gasteiger partial charge on any atom is -0.360 e. The molecular weight excluding hydrogens is 531 g/mol. The molecule has 5 aromatic rings. The minimum atomic E-state index is -0.603. The predicted octanol–water partition coefficient (Wildman–Crippen LogP) is 5.89. The van der Waals surface area contributed by atoms with Crippen molar-refractivity contribution in [2.75, 3.05) is 0 Å². The Bertz CT molecular complexity index is 1570. The van der Waals surface area contributed by atoms with Crippen LogP contribution in [0.1, 0.15) is 29.3 Å². The van der Waals surface area contributed by atoms with Gasteiger partial charge < -0.3 is 9.05 Å². The van der Waals surface area contributed by atoms with Crippen molar-refractivity contribution in [3.05, 3.63) is 86.1 Å². The van der Waals surface area contributed by atoms with Crippen molar-refractivity contribution in [3.8, 4) is 28.2 Å². The van der Waals surface area contributed by atoms with Crippen LogP contribution in [0.4, 0.5) is 0 Å². The summed E-state index contributed by atoms with van der Waals surface area (Å²) in [6.07, 6.45) is 0. The molecule has 0 atom stereocenters. The molecule has 0 aliphatic rings. The molecule has 0 unspecified atom stereocenters. The lowest BCUT2D eigenvalue weighted by atomic mass is 10.1. The van der Waals surface area contributed by atoms with E-state index in [2.05, 4.69) is 25.8 Å². The second kappa shape index (κ2) is 11.3. The first-order valence-corrected chi connectivity index (χ1v) is 11.1. The van der Waals surface area contributed by atoms with E-state index in [0.717, 1.165) is 4.68 Å². The first-order valence-electron chi connectivity index (χ1n) is 9.92. The number of aryl methyl sites for hydroxylation is 2.